The summed E-state index contributed by atoms with van der Waals surface area (Å²) in [5, 5.41) is 9.55. The molecule has 0 aromatic heterocycles. The third-order valence-corrected chi connectivity index (χ3v) is 8.60. The van der Waals surface area contributed by atoms with E-state index in [4.69, 9.17) is 9.47 Å². The van der Waals surface area contributed by atoms with E-state index in [0.717, 1.165) is 64.2 Å². The molecule has 0 aliphatic heterocycles. The van der Waals surface area contributed by atoms with E-state index >= 15 is 0 Å². The molecule has 0 amide bonds. The fraction of sp³-hybridized carbons (Fsp3) is 0.767. The predicted molar refractivity (Wildman–Crippen MR) is 205 cm³/mol. The lowest BCUT2D eigenvalue weighted by Crippen LogP contribution is -2.28. The van der Waals surface area contributed by atoms with E-state index < -0.39 is 6.10 Å². The van der Waals surface area contributed by atoms with Crippen molar-refractivity contribution in [3.05, 3.63) is 48.6 Å². The van der Waals surface area contributed by atoms with E-state index in [1.54, 1.807) is 0 Å². The third-order valence-electron chi connectivity index (χ3n) is 8.60. The largest absolute Gasteiger partial charge is 0.462 e. The summed E-state index contributed by atoms with van der Waals surface area (Å²) in [5.41, 5.74) is 0. The minimum Gasteiger partial charge on any atom is -0.462 e. The van der Waals surface area contributed by atoms with Gasteiger partial charge >= 0.3 is 11.9 Å². The van der Waals surface area contributed by atoms with Gasteiger partial charge in [-0.05, 0) is 77.0 Å². The number of rotatable bonds is 36. The predicted octanol–water partition coefficient (Wildman–Crippen LogP) is 12.6. The molecule has 0 aromatic rings. The number of aliphatic hydroxyl groups is 1. The number of carbonyl (C=O) groups excluding carboxylic acids is 2. The van der Waals surface area contributed by atoms with Gasteiger partial charge < -0.3 is 14.6 Å². The van der Waals surface area contributed by atoms with Crippen LogP contribution in [0.15, 0.2) is 48.6 Å². The quantitative estimate of drug-likeness (QED) is 0.0407. The van der Waals surface area contributed by atoms with Gasteiger partial charge in [-0.25, -0.2) is 0 Å². The molecule has 0 unspecified atom stereocenters. The van der Waals surface area contributed by atoms with Gasteiger partial charge in [0.1, 0.15) is 6.61 Å². The van der Waals surface area contributed by atoms with Crippen molar-refractivity contribution in [2.24, 2.45) is 0 Å². The zero-order valence-electron chi connectivity index (χ0n) is 31.5. The molecule has 0 bridgehead atoms. The summed E-state index contributed by atoms with van der Waals surface area (Å²) in [6.45, 7) is 4.07. The molecular formula is C43H76O5. The van der Waals surface area contributed by atoms with Crippen LogP contribution < -0.4 is 0 Å². The molecule has 5 nitrogen and oxygen atoms in total. The van der Waals surface area contributed by atoms with Crippen molar-refractivity contribution in [3.63, 3.8) is 0 Å². The zero-order chi connectivity index (χ0) is 35.0. The number of hydrogen-bond acceptors (Lipinski definition) is 5. The van der Waals surface area contributed by atoms with Crippen LogP contribution in [0.2, 0.25) is 0 Å². The Morgan fingerprint density at radius 1 is 0.479 bits per heavy atom. The van der Waals surface area contributed by atoms with Crippen LogP contribution in [-0.2, 0) is 19.1 Å². The van der Waals surface area contributed by atoms with Crippen LogP contribution in [0.3, 0.4) is 0 Å². The number of allylic oxidation sites excluding steroid dienone is 8. The number of unbranched alkanes of at least 4 members (excludes halogenated alkanes) is 20. The van der Waals surface area contributed by atoms with Gasteiger partial charge in [0.25, 0.3) is 0 Å². The number of esters is 2. The maximum absolute atomic E-state index is 12.2. The first kappa shape index (κ1) is 45.9. The Morgan fingerprint density at radius 3 is 1.23 bits per heavy atom. The Bertz CT molecular complexity index is 812. The maximum atomic E-state index is 12.2. The van der Waals surface area contributed by atoms with Crippen molar-refractivity contribution < 1.29 is 24.2 Å². The number of carbonyl (C=O) groups is 2. The highest BCUT2D eigenvalue weighted by atomic mass is 16.6. The van der Waals surface area contributed by atoms with E-state index in [9.17, 15) is 14.7 Å². The van der Waals surface area contributed by atoms with Gasteiger partial charge in [0.15, 0.2) is 6.10 Å². The summed E-state index contributed by atoms with van der Waals surface area (Å²) < 4.78 is 10.6. The van der Waals surface area contributed by atoms with Crippen molar-refractivity contribution in [2.75, 3.05) is 13.2 Å². The van der Waals surface area contributed by atoms with E-state index in [1.807, 2.05) is 0 Å². The second-order valence-corrected chi connectivity index (χ2v) is 13.4. The standard InChI is InChI=1S/C43H76O5/c1-3-5-7-9-11-13-15-17-19-20-21-22-24-25-27-29-31-33-35-37-42(45)47-40-41(39-44)48-43(46)38-36-34-32-30-28-26-23-18-16-14-12-10-8-6-4-2/h11-14,17-19,23,41,44H,3-10,15-16,20-22,24-40H2,1-2H3/b13-11-,14-12-,19-17-,23-18-/t41-/m0/s1. The van der Waals surface area contributed by atoms with Crippen molar-refractivity contribution in [1.29, 1.82) is 0 Å². The number of aliphatic hydroxyl groups excluding tert-OH is 1. The molecule has 278 valence electrons. The lowest BCUT2D eigenvalue weighted by molar-refractivity contribution is -0.161. The molecule has 0 aliphatic carbocycles. The molecule has 0 saturated carbocycles. The molecule has 0 aromatic carbocycles. The van der Waals surface area contributed by atoms with E-state index in [2.05, 4.69) is 62.5 Å². The second kappa shape index (κ2) is 39.3. The fourth-order valence-corrected chi connectivity index (χ4v) is 5.50. The topological polar surface area (TPSA) is 72.8 Å². The average Bonchev–Trinajstić information content (AvgIpc) is 3.09. The van der Waals surface area contributed by atoms with E-state index in [-0.39, 0.29) is 25.2 Å². The van der Waals surface area contributed by atoms with Crippen LogP contribution in [0.4, 0.5) is 0 Å². The molecule has 0 heterocycles. The molecule has 1 N–H and O–H groups in total. The SMILES string of the molecule is CCCCC/C=C\C/C=C\CCCCCCCCCCCC(=O)OC[C@H](CO)OC(=O)CCCCCCC/C=C\C/C=C\CCCCC. The molecule has 48 heavy (non-hydrogen) atoms. The zero-order valence-corrected chi connectivity index (χ0v) is 31.5. The van der Waals surface area contributed by atoms with Crippen LogP contribution in [0.5, 0.6) is 0 Å². The van der Waals surface area contributed by atoms with Gasteiger partial charge in [0, 0.05) is 12.8 Å². The molecular weight excluding hydrogens is 596 g/mol. The third kappa shape index (κ3) is 36.7. The first-order chi connectivity index (χ1) is 23.6. The number of ether oxygens (including phenoxy) is 2. The average molecular weight is 673 g/mol. The smallest absolute Gasteiger partial charge is 0.306 e. The van der Waals surface area contributed by atoms with Crippen LogP contribution in [-0.4, -0.2) is 36.4 Å². The van der Waals surface area contributed by atoms with Crippen LogP contribution in [0.25, 0.3) is 0 Å². The highest BCUT2D eigenvalue weighted by Crippen LogP contribution is 2.13. The molecule has 0 rings (SSSR count). The lowest BCUT2D eigenvalue weighted by Gasteiger charge is -2.15. The van der Waals surface area contributed by atoms with Crippen molar-refractivity contribution in [3.8, 4) is 0 Å². The summed E-state index contributed by atoms with van der Waals surface area (Å²) in [5.74, 6) is -0.612. The van der Waals surface area contributed by atoms with Gasteiger partial charge in [0.2, 0.25) is 0 Å². The maximum Gasteiger partial charge on any atom is 0.306 e. The molecule has 0 saturated heterocycles. The fourth-order valence-electron chi connectivity index (χ4n) is 5.50. The molecule has 0 radical (unpaired) electrons. The van der Waals surface area contributed by atoms with Gasteiger partial charge in [-0.1, -0.05) is 152 Å². The van der Waals surface area contributed by atoms with Gasteiger partial charge in [-0.15, -0.1) is 0 Å². The van der Waals surface area contributed by atoms with Gasteiger partial charge in [0.05, 0.1) is 6.61 Å². The van der Waals surface area contributed by atoms with Crippen molar-refractivity contribution >= 4 is 11.9 Å². The number of hydrogen-bond donors (Lipinski definition) is 1. The Hall–Kier alpha value is -2.14. The minimum absolute atomic E-state index is 0.0742. The summed E-state index contributed by atoms with van der Waals surface area (Å²) in [7, 11) is 0. The van der Waals surface area contributed by atoms with Gasteiger partial charge in [-0.2, -0.15) is 0 Å². The molecule has 0 fully saturated rings. The summed E-state index contributed by atoms with van der Waals surface area (Å²) in [6, 6.07) is 0. The lowest BCUT2D eigenvalue weighted by atomic mass is 10.1. The van der Waals surface area contributed by atoms with E-state index in [0.29, 0.717) is 12.8 Å². The summed E-state index contributed by atoms with van der Waals surface area (Å²) in [4.78, 5) is 24.3. The second-order valence-electron chi connectivity index (χ2n) is 13.4. The molecule has 0 spiro atoms. The summed E-state index contributed by atoms with van der Waals surface area (Å²) in [6.07, 6.45) is 48.8. The molecule has 1 atom stereocenters. The first-order valence-electron chi connectivity index (χ1n) is 20.2. The van der Waals surface area contributed by atoms with Crippen LogP contribution >= 0.6 is 0 Å². The minimum atomic E-state index is -0.780. The Labute approximate surface area is 297 Å². The Balaban J connectivity index is 3.58. The monoisotopic (exact) mass is 673 g/mol. The molecule has 5 heteroatoms. The highest BCUT2D eigenvalue weighted by Gasteiger charge is 2.16. The van der Waals surface area contributed by atoms with Crippen LogP contribution in [0.1, 0.15) is 194 Å². The highest BCUT2D eigenvalue weighted by molar-refractivity contribution is 5.70. The Kier molecular flexibility index (Phi) is 37.5. The molecule has 0 aliphatic rings. The van der Waals surface area contributed by atoms with Gasteiger partial charge in [-0.3, -0.25) is 9.59 Å². The van der Waals surface area contributed by atoms with Crippen molar-refractivity contribution in [1.82, 2.24) is 0 Å². The normalized spacial score (nSPS) is 12.6. The van der Waals surface area contributed by atoms with E-state index in [1.165, 1.54) is 103 Å². The summed E-state index contributed by atoms with van der Waals surface area (Å²) >= 11 is 0. The van der Waals surface area contributed by atoms with Crippen molar-refractivity contribution in [2.45, 2.75) is 200 Å². The Morgan fingerprint density at radius 2 is 0.833 bits per heavy atom. The first-order valence-corrected chi connectivity index (χ1v) is 20.2. The van der Waals surface area contributed by atoms with Crippen LogP contribution in [0, 0.1) is 0 Å².